The summed E-state index contributed by atoms with van der Waals surface area (Å²) in [5.74, 6) is 1.24. The van der Waals surface area contributed by atoms with E-state index in [2.05, 4.69) is 20.7 Å². The molecule has 24 heavy (non-hydrogen) atoms. The Balaban J connectivity index is 2.08. The number of hydrogen-bond acceptors (Lipinski definition) is 4. The zero-order valence-corrected chi connectivity index (χ0v) is 15.1. The number of hydrogen-bond donors (Lipinski definition) is 2. The van der Waals surface area contributed by atoms with E-state index < -0.39 is 0 Å². The first-order valence-electron chi connectivity index (χ1n) is 7.95. The lowest BCUT2D eigenvalue weighted by Crippen LogP contribution is -2.30. The average Bonchev–Trinajstić information content (AvgIpc) is 2.80. The second kappa shape index (κ2) is 7.33. The third-order valence-corrected chi connectivity index (χ3v) is 4.01. The van der Waals surface area contributed by atoms with Gasteiger partial charge < -0.3 is 10.1 Å². The molecule has 0 aliphatic rings. The van der Waals surface area contributed by atoms with E-state index in [1.807, 2.05) is 40.8 Å². The van der Waals surface area contributed by atoms with Gasteiger partial charge >= 0.3 is 6.03 Å². The van der Waals surface area contributed by atoms with E-state index in [9.17, 15) is 4.79 Å². The number of nitrogens with one attached hydrogen (secondary N) is 2. The van der Waals surface area contributed by atoms with Crippen molar-refractivity contribution in [2.75, 3.05) is 12.4 Å². The van der Waals surface area contributed by atoms with Crippen molar-refractivity contribution in [2.24, 2.45) is 7.05 Å². The summed E-state index contributed by atoms with van der Waals surface area (Å²) in [6, 6.07) is 1.68. The molecule has 0 aliphatic carbocycles. The maximum absolute atomic E-state index is 12.2. The molecule has 0 fully saturated rings. The van der Waals surface area contributed by atoms with Gasteiger partial charge in [-0.05, 0) is 38.8 Å². The molecule has 7 nitrogen and oxygen atoms in total. The molecule has 0 bridgehead atoms. The lowest BCUT2D eigenvalue weighted by Gasteiger charge is -2.13. The van der Waals surface area contributed by atoms with Crippen LogP contribution in [0.4, 0.5) is 10.6 Å². The average molecular weight is 331 g/mol. The largest absolute Gasteiger partial charge is 0.481 e. The monoisotopic (exact) mass is 331 g/mol. The summed E-state index contributed by atoms with van der Waals surface area (Å²) in [6.07, 6.45) is 0.828. The Hall–Kier alpha value is -2.57. The van der Waals surface area contributed by atoms with E-state index in [1.165, 1.54) is 0 Å². The third-order valence-electron chi connectivity index (χ3n) is 4.01. The van der Waals surface area contributed by atoms with E-state index in [4.69, 9.17) is 4.74 Å². The predicted molar refractivity (Wildman–Crippen MR) is 93.4 cm³/mol. The van der Waals surface area contributed by atoms with Crippen LogP contribution in [0.3, 0.4) is 0 Å². The molecule has 130 valence electrons. The van der Waals surface area contributed by atoms with Crippen LogP contribution in [0.25, 0.3) is 0 Å². The molecule has 2 amide bonds. The molecule has 0 saturated carbocycles. The summed E-state index contributed by atoms with van der Waals surface area (Å²) in [6.45, 7) is 8.23. The Morgan fingerprint density at radius 1 is 1.33 bits per heavy atom. The van der Waals surface area contributed by atoms with Crippen molar-refractivity contribution in [3.8, 4) is 5.88 Å². The van der Waals surface area contributed by atoms with Crippen LogP contribution >= 0.6 is 0 Å². The van der Waals surface area contributed by atoms with Crippen LogP contribution in [-0.2, 0) is 20.0 Å². The molecule has 2 N–H and O–H groups in total. The van der Waals surface area contributed by atoms with Gasteiger partial charge in [-0.15, -0.1) is 0 Å². The van der Waals surface area contributed by atoms with Crippen molar-refractivity contribution in [2.45, 2.75) is 40.7 Å². The van der Waals surface area contributed by atoms with Gasteiger partial charge in [0.15, 0.2) is 0 Å². The number of rotatable bonds is 5. The summed E-state index contributed by atoms with van der Waals surface area (Å²) >= 11 is 0. The Morgan fingerprint density at radius 3 is 2.62 bits per heavy atom. The minimum Gasteiger partial charge on any atom is -0.481 e. The first-order valence-corrected chi connectivity index (χ1v) is 7.95. The zero-order valence-electron chi connectivity index (χ0n) is 15.1. The van der Waals surface area contributed by atoms with Crippen LogP contribution in [0.5, 0.6) is 5.88 Å². The molecule has 2 rings (SSSR count). The number of anilines is 1. The summed E-state index contributed by atoms with van der Waals surface area (Å²) in [5.41, 5.74) is 4.75. The minimum absolute atomic E-state index is 0.286. The van der Waals surface area contributed by atoms with E-state index in [0.717, 1.165) is 34.5 Å². The summed E-state index contributed by atoms with van der Waals surface area (Å²) in [5, 5.41) is 10.1. The molecular formula is C17H25N5O2. The molecule has 0 atom stereocenters. The topological polar surface area (TPSA) is 81.1 Å². The molecule has 0 unspecified atom stereocenters. The normalized spacial score (nSPS) is 10.6. The summed E-state index contributed by atoms with van der Waals surface area (Å²) in [7, 11) is 3.40. The zero-order chi connectivity index (χ0) is 17.9. The number of carbonyl (C=O) groups is 1. The quantitative estimate of drug-likeness (QED) is 0.882. The van der Waals surface area contributed by atoms with Crippen LogP contribution in [0.15, 0.2) is 6.07 Å². The number of amides is 2. The smallest absolute Gasteiger partial charge is 0.320 e. The van der Waals surface area contributed by atoms with Crippen LogP contribution in [0.1, 0.15) is 35.0 Å². The van der Waals surface area contributed by atoms with E-state index in [1.54, 1.807) is 11.8 Å². The number of aromatic nitrogens is 3. The maximum Gasteiger partial charge on any atom is 0.320 e. The Bertz CT molecular complexity index is 752. The number of aryl methyl sites for hydroxylation is 4. The Kier molecular flexibility index (Phi) is 5.43. The SMILES string of the molecule is CCc1nn(C)c(NC(=O)NCc2c(C)cc(C)nc2OC)c1C. The Morgan fingerprint density at radius 2 is 2.04 bits per heavy atom. The van der Waals surface area contributed by atoms with Gasteiger partial charge in [-0.1, -0.05) is 6.92 Å². The fourth-order valence-electron chi connectivity index (χ4n) is 2.73. The summed E-state index contributed by atoms with van der Waals surface area (Å²) < 4.78 is 7.00. The number of nitrogens with zero attached hydrogens (tertiary/aromatic N) is 3. The molecule has 2 aromatic heterocycles. The number of carbonyl (C=O) groups excluding carboxylic acids is 1. The van der Waals surface area contributed by atoms with Crippen LogP contribution < -0.4 is 15.4 Å². The minimum atomic E-state index is -0.286. The fourth-order valence-corrected chi connectivity index (χ4v) is 2.73. The van der Waals surface area contributed by atoms with Gasteiger partial charge in [0.2, 0.25) is 5.88 Å². The molecule has 0 aromatic carbocycles. The maximum atomic E-state index is 12.2. The molecule has 0 aliphatic heterocycles. The van der Waals surface area contributed by atoms with Gasteiger partial charge in [-0.2, -0.15) is 5.10 Å². The second-order valence-electron chi connectivity index (χ2n) is 5.77. The standard InChI is InChI=1S/C17H25N5O2/c1-7-14-12(4)15(22(5)21-14)20-17(23)18-9-13-10(2)8-11(3)19-16(13)24-6/h8H,7,9H2,1-6H3,(H2,18,20,23). The first-order chi connectivity index (χ1) is 11.4. The summed E-state index contributed by atoms with van der Waals surface area (Å²) in [4.78, 5) is 16.6. The highest BCUT2D eigenvalue weighted by atomic mass is 16.5. The second-order valence-corrected chi connectivity index (χ2v) is 5.77. The predicted octanol–water partition coefficient (Wildman–Crippen LogP) is 2.63. The third kappa shape index (κ3) is 3.67. The van der Waals surface area contributed by atoms with Crippen molar-refractivity contribution in [1.82, 2.24) is 20.1 Å². The van der Waals surface area contributed by atoms with Crippen molar-refractivity contribution in [3.05, 3.63) is 34.1 Å². The molecule has 2 aromatic rings. The highest BCUT2D eigenvalue weighted by Gasteiger charge is 2.15. The molecule has 0 radical (unpaired) electrons. The molecular weight excluding hydrogens is 306 g/mol. The van der Waals surface area contributed by atoms with Crippen molar-refractivity contribution in [3.63, 3.8) is 0 Å². The molecule has 0 saturated heterocycles. The van der Waals surface area contributed by atoms with E-state index in [-0.39, 0.29) is 6.03 Å². The lowest BCUT2D eigenvalue weighted by atomic mass is 10.1. The Labute approximate surface area is 142 Å². The molecule has 0 spiro atoms. The van der Waals surface area contributed by atoms with E-state index in [0.29, 0.717) is 18.2 Å². The van der Waals surface area contributed by atoms with Gasteiger partial charge in [-0.3, -0.25) is 10.00 Å². The van der Waals surface area contributed by atoms with Crippen molar-refractivity contribution in [1.29, 1.82) is 0 Å². The van der Waals surface area contributed by atoms with Crippen molar-refractivity contribution >= 4 is 11.8 Å². The molecule has 7 heteroatoms. The van der Waals surface area contributed by atoms with Crippen LogP contribution in [0, 0.1) is 20.8 Å². The van der Waals surface area contributed by atoms with Crippen LogP contribution in [0.2, 0.25) is 0 Å². The number of methoxy groups -OCH3 is 1. The van der Waals surface area contributed by atoms with Gasteiger partial charge in [0, 0.05) is 23.9 Å². The number of urea groups is 1. The number of ether oxygens (including phenoxy) is 1. The van der Waals surface area contributed by atoms with Gasteiger partial charge in [-0.25, -0.2) is 9.78 Å². The van der Waals surface area contributed by atoms with Gasteiger partial charge in [0.05, 0.1) is 19.3 Å². The van der Waals surface area contributed by atoms with Crippen LogP contribution in [-0.4, -0.2) is 27.9 Å². The first kappa shape index (κ1) is 17.8. The van der Waals surface area contributed by atoms with Gasteiger partial charge in [0.25, 0.3) is 0 Å². The lowest BCUT2D eigenvalue weighted by molar-refractivity contribution is 0.251. The highest BCUT2D eigenvalue weighted by molar-refractivity contribution is 5.89. The molecule has 2 heterocycles. The van der Waals surface area contributed by atoms with Crippen molar-refractivity contribution < 1.29 is 9.53 Å². The fraction of sp³-hybridized carbons (Fsp3) is 0.471. The van der Waals surface area contributed by atoms with E-state index >= 15 is 0 Å². The highest BCUT2D eigenvalue weighted by Crippen LogP contribution is 2.21. The van der Waals surface area contributed by atoms with Gasteiger partial charge in [0.1, 0.15) is 5.82 Å². The number of pyridine rings is 1.